The van der Waals surface area contributed by atoms with Crippen molar-refractivity contribution in [2.75, 3.05) is 12.4 Å². The van der Waals surface area contributed by atoms with E-state index in [4.69, 9.17) is 0 Å². The van der Waals surface area contributed by atoms with Gasteiger partial charge in [-0.25, -0.2) is 4.98 Å². The fourth-order valence-corrected chi connectivity index (χ4v) is 2.31. The Balaban J connectivity index is 1.68. The van der Waals surface area contributed by atoms with Crippen LogP contribution < -0.4 is 5.32 Å². The maximum absolute atomic E-state index is 4.41. The Bertz CT molecular complexity index is 511. The van der Waals surface area contributed by atoms with Crippen molar-refractivity contribution in [1.82, 2.24) is 14.9 Å². The minimum Gasteiger partial charge on any atom is -0.372 e. The molecule has 0 amide bonds. The Morgan fingerprint density at radius 3 is 2.39 bits per heavy atom. The fourth-order valence-electron chi connectivity index (χ4n) is 2.31. The summed E-state index contributed by atoms with van der Waals surface area (Å²) in [5.41, 5.74) is 3.87. The molecule has 1 aliphatic heterocycles. The standard InChI is InChI=1S/C14H16N4/c1-15-14-7-16-13(6-17-14)10-18-8-11-4-2-3-5-12(11)9-18/h2-7H,8-10H2,1H3,(H,15,17). The normalized spacial score (nSPS) is 14.5. The number of aromatic nitrogens is 2. The van der Waals surface area contributed by atoms with Gasteiger partial charge in [0.1, 0.15) is 5.82 Å². The highest BCUT2D eigenvalue weighted by Gasteiger charge is 2.18. The number of rotatable bonds is 3. The maximum Gasteiger partial charge on any atom is 0.144 e. The molecule has 0 saturated carbocycles. The fraction of sp³-hybridized carbons (Fsp3) is 0.286. The first-order valence-corrected chi connectivity index (χ1v) is 6.13. The molecule has 2 heterocycles. The molecule has 2 aromatic rings. The Morgan fingerprint density at radius 1 is 1.11 bits per heavy atom. The van der Waals surface area contributed by atoms with Crippen LogP contribution in [0.2, 0.25) is 0 Å². The van der Waals surface area contributed by atoms with Gasteiger partial charge < -0.3 is 5.32 Å². The van der Waals surface area contributed by atoms with E-state index in [-0.39, 0.29) is 0 Å². The lowest BCUT2D eigenvalue weighted by Crippen LogP contribution is -2.16. The zero-order chi connectivity index (χ0) is 12.4. The van der Waals surface area contributed by atoms with Crippen molar-refractivity contribution >= 4 is 5.82 Å². The Kier molecular flexibility index (Phi) is 2.94. The molecule has 92 valence electrons. The number of hydrogen-bond acceptors (Lipinski definition) is 4. The highest BCUT2D eigenvalue weighted by Crippen LogP contribution is 2.23. The lowest BCUT2D eigenvalue weighted by atomic mass is 10.1. The molecule has 0 saturated heterocycles. The van der Waals surface area contributed by atoms with Gasteiger partial charge in [0.05, 0.1) is 18.1 Å². The van der Waals surface area contributed by atoms with E-state index in [1.54, 1.807) is 6.20 Å². The Morgan fingerprint density at radius 2 is 1.83 bits per heavy atom. The largest absolute Gasteiger partial charge is 0.372 e. The van der Waals surface area contributed by atoms with Crippen LogP contribution in [0.1, 0.15) is 16.8 Å². The zero-order valence-electron chi connectivity index (χ0n) is 10.4. The summed E-state index contributed by atoms with van der Waals surface area (Å²) < 4.78 is 0. The highest BCUT2D eigenvalue weighted by atomic mass is 15.1. The molecule has 0 fully saturated rings. The van der Waals surface area contributed by atoms with E-state index in [0.29, 0.717) is 0 Å². The van der Waals surface area contributed by atoms with Gasteiger partial charge in [0.25, 0.3) is 0 Å². The van der Waals surface area contributed by atoms with E-state index in [1.807, 2.05) is 13.2 Å². The first-order valence-electron chi connectivity index (χ1n) is 6.13. The molecule has 1 aliphatic rings. The summed E-state index contributed by atoms with van der Waals surface area (Å²) >= 11 is 0. The smallest absolute Gasteiger partial charge is 0.144 e. The molecule has 0 spiro atoms. The molecule has 1 aromatic carbocycles. The third kappa shape index (κ3) is 2.19. The third-order valence-electron chi connectivity index (χ3n) is 3.25. The van der Waals surface area contributed by atoms with Gasteiger partial charge in [-0.05, 0) is 11.1 Å². The van der Waals surface area contributed by atoms with Crippen LogP contribution in [0.15, 0.2) is 36.7 Å². The van der Waals surface area contributed by atoms with Crippen molar-refractivity contribution in [2.24, 2.45) is 0 Å². The van der Waals surface area contributed by atoms with Crippen molar-refractivity contribution in [1.29, 1.82) is 0 Å². The molecule has 0 radical (unpaired) electrons. The second-order valence-electron chi connectivity index (χ2n) is 4.56. The van der Waals surface area contributed by atoms with E-state index in [1.165, 1.54) is 11.1 Å². The van der Waals surface area contributed by atoms with E-state index in [9.17, 15) is 0 Å². The minimum atomic E-state index is 0.809. The maximum atomic E-state index is 4.41. The predicted molar refractivity (Wildman–Crippen MR) is 71.0 cm³/mol. The molecule has 0 atom stereocenters. The molecule has 3 rings (SSSR count). The van der Waals surface area contributed by atoms with Gasteiger partial charge in [-0.1, -0.05) is 24.3 Å². The second-order valence-corrected chi connectivity index (χ2v) is 4.56. The summed E-state index contributed by atoms with van der Waals surface area (Å²) in [7, 11) is 1.85. The van der Waals surface area contributed by atoms with Crippen LogP contribution in [0.4, 0.5) is 5.82 Å². The van der Waals surface area contributed by atoms with Crippen LogP contribution in [0.5, 0.6) is 0 Å². The lowest BCUT2D eigenvalue weighted by molar-refractivity contribution is 0.271. The zero-order valence-corrected chi connectivity index (χ0v) is 10.4. The van der Waals surface area contributed by atoms with E-state index >= 15 is 0 Å². The Hall–Kier alpha value is -1.94. The molecular formula is C14H16N4. The SMILES string of the molecule is CNc1cnc(CN2Cc3ccccc3C2)cn1. The molecule has 1 N–H and O–H groups in total. The van der Waals surface area contributed by atoms with Gasteiger partial charge in [0.2, 0.25) is 0 Å². The van der Waals surface area contributed by atoms with Gasteiger partial charge in [-0.2, -0.15) is 0 Å². The lowest BCUT2D eigenvalue weighted by Gasteiger charge is -2.13. The average molecular weight is 240 g/mol. The van der Waals surface area contributed by atoms with E-state index < -0.39 is 0 Å². The van der Waals surface area contributed by atoms with Gasteiger partial charge in [0.15, 0.2) is 0 Å². The number of nitrogens with one attached hydrogen (secondary N) is 1. The first kappa shape index (κ1) is 11.2. The molecule has 4 heteroatoms. The highest BCUT2D eigenvalue weighted by molar-refractivity contribution is 5.31. The number of benzene rings is 1. The van der Waals surface area contributed by atoms with Crippen LogP contribution in [0.25, 0.3) is 0 Å². The van der Waals surface area contributed by atoms with Crippen LogP contribution in [-0.4, -0.2) is 21.9 Å². The van der Waals surface area contributed by atoms with Crippen molar-refractivity contribution in [2.45, 2.75) is 19.6 Å². The van der Waals surface area contributed by atoms with Crippen LogP contribution in [-0.2, 0) is 19.6 Å². The summed E-state index contributed by atoms with van der Waals surface area (Å²) in [6.07, 6.45) is 3.62. The summed E-state index contributed by atoms with van der Waals surface area (Å²) in [5, 5.41) is 2.97. The summed E-state index contributed by atoms with van der Waals surface area (Å²) in [6.45, 7) is 2.86. The van der Waals surface area contributed by atoms with Gasteiger partial charge >= 0.3 is 0 Å². The molecule has 1 aromatic heterocycles. The monoisotopic (exact) mass is 240 g/mol. The van der Waals surface area contributed by atoms with Crippen LogP contribution in [0.3, 0.4) is 0 Å². The number of nitrogens with zero attached hydrogens (tertiary/aromatic N) is 3. The molecule has 0 unspecified atom stereocenters. The van der Waals surface area contributed by atoms with Crippen LogP contribution in [0, 0.1) is 0 Å². The van der Waals surface area contributed by atoms with Crippen molar-refractivity contribution in [3.63, 3.8) is 0 Å². The third-order valence-corrected chi connectivity index (χ3v) is 3.25. The average Bonchev–Trinajstić information content (AvgIpc) is 2.82. The van der Waals surface area contributed by atoms with Crippen molar-refractivity contribution < 1.29 is 0 Å². The van der Waals surface area contributed by atoms with E-state index in [0.717, 1.165) is 31.1 Å². The summed E-state index contributed by atoms with van der Waals surface area (Å²) in [6, 6.07) is 8.60. The van der Waals surface area contributed by atoms with Gasteiger partial charge in [-0.15, -0.1) is 0 Å². The molecule has 18 heavy (non-hydrogen) atoms. The predicted octanol–water partition coefficient (Wildman–Crippen LogP) is 2.03. The topological polar surface area (TPSA) is 41.1 Å². The van der Waals surface area contributed by atoms with Crippen LogP contribution >= 0.6 is 0 Å². The molecule has 4 nitrogen and oxygen atoms in total. The number of hydrogen-bond donors (Lipinski definition) is 1. The van der Waals surface area contributed by atoms with E-state index in [2.05, 4.69) is 44.5 Å². The van der Waals surface area contributed by atoms with Gasteiger partial charge in [-0.3, -0.25) is 9.88 Å². The summed E-state index contributed by atoms with van der Waals surface area (Å²) in [4.78, 5) is 11.1. The first-order chi connectivity index (χ1) is 8.85. The second kappa shape index (κ2) is 4.74. The molecular weight excluding hydrogens is 224 g/mol. The quantitative estimate of drug-likeness (QED) is 0.891. The van der Waals surface area contributed by atoms with Crippen molar-refractivity contribution in [3.05, 3.63) is 53.5 Å². The summed E-state index contributed by atoms with van der Waals surface area (Å²) in [5.74, 6) is 0.809. The van der Waals surface area contributed by atoms with Crippen molar-refractivity contribution in [3.8, 4) is 0 Å². The molecule has 0 aliphatic carbocycles. The Labute approximate surface area is 107 Å². The van der Waals surface area contributed by atoms with Gasteiger partial charge in [0, 0.05) is 26.7 Å². The number of anilines is 1. The number of fused-ring (bicyclic) bond motifs is 1. The minimum absolute atomic E-state index is 0.809. The molecule has 0 bridgehead atoms.